The SMILES string of the molecule is CCC(C)(CN)C(=O)OCCOCCOC. The predicted octanol–water partition coefficient (Wildman–Crippen LogP) is 0.568. The smallest absolute Gasteiger partial charge is 0.313 e. The zero-order chi connectivity index (χ0) is 12.4. The van der Waals surface area contributed by atoms with E-state index >= 15 is 0 Å². The molecule has 2 N–H and O–H groups in total. The molecule has 0 fully saturated rings. The molecule has 96 valence electrons. The van der Waals surface area contributed by atoms with Gasteiger partial charge in [-0.2, -0.15) is 0 Å². The van der Waals surface area contributed by atoms with E-state index in [1.165, 1.54) is 0 Å². The Kier molecular flexibility index (Phi) is 8.15. The van der Waals surface area contributed by atoms with Gasteiger partial charge in [0.15, 0.2) is 0 Å². The summed E-state index contributed by atoms with van der Waals surface area (Å²) in [6.45, 7) is 5.73. The zero-order valence-corrected chi connectivity index (χ0v) is 10.5. The van der Waals surface area contributed by atoms with Crippen molar-refractivity contribution in [3.63, 3.8) is 0 Å². The molecular formula is C11H23NO4. The second-order valence-electron chi connectivity index (χ2n) is 3.86. The molecule has 1 atom stereocenters. The van der Waals surface area contributed by atoms with Gasteiger partial charge in [-0.25, -0.2) is 0 Å². The largest absolute Gasteiger partial charge is 0.463 e. The van der Waals surface area contributed by atoms with Gasteiger partial charge in [-0.1, -0.05) is 6.92 Å². The molecular weight excluding hydrogens is 210 g/mol. The van der Waals surface area contributed by atoms with Crippen LogP contribution in [0.4, 0.5) is 0 Å². The van der Waals surface area contributed by atoms with Crippen LogP contribution in [-0.4, -0.2) is 46.1 Å². The maximum atomic E-state index is 11.6. The zero-order valence-electron chi connectivity index (χ0n) is 10.5. The van der Waals surface area contributed by atoms with Crippen molar-refractivity contribution in [1.82, 2.24) is 0 Å². The van der Waals surface area contributed by atoms with Crippen LogP contribution in [-0.2, 0) is 19.0 Å². The molecule has 0 saturated heterocycles. The first-order chi connectivity index (χ1) is 7.60. The highest BCUT2D eigenvalue weighted by molar-refractivity contribution is 5.76. The first kappa shape index (κ1) is 15.3. The summed E-state index contributed by atoms with van der Waals surface area (Å²) < 4.78 is 15.1. The summed E-state index contributed by atoms with van der Waals surface area (Å²) in [7, 11) is 1.61. The van der Waals surface area contributed by atoms with Gasteiger partial charge in [0.2, 0.25) is 0 Å². The molecule has 0 aliphatic heterocycles. The van der Waals surface area contributed by atoms with Crippen LogP contribution in [0.15, 0.2) is 0 Å². The third-order valence-electron chi connectivity index (χ3n) is 2.62. The molecule has 0 amide bonds. The molecule has 0 aromatic carbocycles. The number of carbonyl (C=O) groups is 1. The van der Waals surface area contributed by atoms with E-state index in [0.29, 0.717) is 32.8 Å². The Labute approximate surface area is 97.2 Å². The van der Waals surface area contributed by atoms with Crippen LogP contribution >= 0.6 is 0 Å². The van der Waals surface area contributed by atoms with Gasteiger partial charge < -0.3 is 19.9 Å². The van der Waals surface area contributed by atoms with Crippen molar-refractivity contribution in [1.29, 1.82) is 0 Å². The van der Waals surface area contributed by atoms with Gasteiger partial charge in [-0.15, -0.1) is 0 Å². The minimum atomic E-state index is -0.577. The average Bonchev–Trinajstić information content (AvgIpc) is 2.32. The first-order valence-electron chi connectivity index (χ1n) is 5.54. The predicted molar refractivity (Wildman–Crippen MR) is 61.1 cm³/mol. The number of ether oxygens (including phenoxy) is 3. The van der Waals surface area contributed by atoms with Crippen LogP contribution in [0.5, 0.6) is 0 Å². The van der Waals surface area contributed by atoms with E-state index in [2.05, 4.69) is 0 Å². The van der Waals surface area contributed by atoms with Gasteiger partial charge in [-0.3, -0.25) is 4.79 Å². The second-order valence-corrected chi connectivity index (χ2v) is 3.86. The lowest BCUT2D eigenvalue weighted by Crippen LogP contribution is -2.37. The van der Waals surface area contributed by atoms with Gasteiger partial charge in [0.05, 0.1) is 25.2 Å². The van der Waals surface area contributed by atoms with Crippen LogP contribution in [0.3, 0.4) is 0 Å². The first-order valence-corrected chi connectivity index (χ1v) is 5.54. The van der Waals surface area contributed by atoms with Gasteiger partial charge in [-0.05, 0) is 13.3 Å². The van der Waals surface area contributed by atoms with E-state index < -0.39 is 5.41 Å². The summed E-state index contributed by atoms with van der Waals surface area (Å²) >= 11 is 0. The third-order valence-corrected chi connectivity index (χ3v) is 2.62. The van der Waals surface area contributed by atoms with Crippen LogP contribution < -0.4 is 5.73 Å². The molecule has 0 saturated carbocycles. The Balaban J connectivity index is 3.64. The maximum Gasteiger partial charge on any atom is 0.313 e. The summed E-state index contributed by atoms with van der Waals surface area (Å²) in [4.78, 5) is 11.6. The molecule has 1 unspecified atom stereocenters. The number of methoxy groups -OCH3 is 1. The van der Waals surface area contributed by atoms with Crippen LogP contribution in [0, 0.1) is 5.41 Å². The highest BCUT2D eigenvalue weighted by atomic mass is 16.6. The fraction of sp³-hybridized carbons (Fsp3) is 0.909. The number of carbonyl (C=O) groups excluding carboxylic acids is 1. The fourth-order valence-corrected chi connectivity index (χ4v) is 0.984. The minimum Gasteiger partial charge on any atom is -0.463 e. The highest BCUT2D eigenvalue weighted by Crippen LogP contribution is 2.20. The minimum absolute atomic E-state index is 0.257. The Morgan fingerprint density at radius 3 is 2.38 bits per heavy atom. The van der Waals surface area contributed by atoms with Crippen molar-refractivity contribution in [3.8, 4) is 0 Å². The molecule has 0 aliphatic carbocycles. The Hall–Kier alpha value is -0.650. The molecule has 5 nitrogen and oxygen atoms in total. The van der Waals surface area contributed by atoms with Crippen molar-refractivity contribution in [2.24, 2.45) is 11.1 Å². The lowest BCUT2D eigenvalue weighted by atomic mass is 9.88. The molecule has 16 heavy (non-hydrogen) atoms. The van der Waals surface area contributed by atoms with Crippen LogP contribution in [0.1, 0.15) is 20.3 Å². The van der Waals surface area contributed by atoms with E-state index in [0.717, 1.165) is 0 Å². The van der Waals surface area contributed by atoms with E-state index in [1.54, 1.807) is 14.0 Å². The van der Waals surface area contributed by atoms with E-state index in [-0.39, 0.29) is 12.6 Å². The summed E-state index contributed by atoms with van der Waals surface area (Å²) in [6.07, 6.45) is 0.673. The number of esters is 1. The summed E-state index contributed by atoms with van der Waals surface area (Å²) in [5.41, 5.74) is 4.96. The van der Waals surface area contributed by atoms with Crippen LogP contribution in [0.25, 0.3) is 0 Å². The van der Waals surface area contributed by atoms with E-state index in [4.69, 9.17) is 19.9 Å². The number of nitrogens with two attached hydrogens (primary N) is 1. The third kappa shape index (κ3) is 5.44. The van der Waals surface area contributed by atoms with E-state index in [1.807, 2.05) is 6.92 Å². The molecule has 0 aliphatic rings. The van der Waals surface area contributed by atoms with Crippen molar-refractivity contribution in [3.05, 3.63) is 0 Å². The number of hydrogen-bond acceptors (Lipinski definition) is 5. The average molecular weight is 233 g/mol. The lowest BCUT2D eigenvalue weighted by Gasteiger charge is -2.23. The van der Waals surface area contributed by atoms with Gasteiger partial charge in [0.1, 0.15) is 6.61 Å². The molecule has 0 aromatic rings. The summed E-state index contributed by atoms with van der Waals surface area (Å²) in [5.74, 6) is -0.257. The highest BCUT2D eigenvalue weighted by Gasteiger charge is 2.31. The van der Waals surface area contributed by atoms with Crippen molar-refractivity contribution < 1.29 is 19.0 Å². The Morgan fingerprint density at radius 1 is 1.25 bits per heavy atom. The molecule has 0 heterocycles. The molecule has 0 radical (unpaired) electrons. The normalized spacial score (nSPS) is 14.5. The molecule has 5 heteroatoms. The quantitative estimate of drug-likeness (QED) is 0.465. The molecule has 0 bridgehead atoms. The van der Waals surface area contributed by atoms with E-state index in [9.17, 15) is 4.79 Å². The number of rotatable bonds is 9. The summed E-state index contributed by atoms with van der Waals surface area (Å²) in [6, 6.07) is 0. The number of hydrogen-bond donors (Lipinski definition) is 1. The summed E-state index contributed by atoms with van der Waals surface area (Å²) in [5, 5.41) is 0. The van der Waals surface area contributed by atoms with Gasteiger partial charge >= 0.3 is 5.97 Å². The molecule has 0 aromatic heterocycles. The molecule has 0 spiro atoms. The van der Waals surface area contributed by atoms with Gasteiger partial charge in [0, 0.05) is 13.7 Å². The van der Waals surface area contributed by atoms with Crippen molar-refractivity contribution in [2.75, 3.05) is 40.1 Å². The van der Waals surface area contributed by atoms with Crippen molar-refractivity contribution >= 4 is 5.97 Å². The van der Waals surface area contributed by atoms with Gasteiger partial charge in [0.25, 0.3) is 0 Å². The topological polar surface area (TPSA) is 70.8 Å². The van der Waals surface area contributed by atoms with Crippen LogP contribution in [0.2, 0.25) is 0 Å². The Morgan fingerprint density at radius 2 is 1.88 bits per heavy atom. The Bertz CT molecular complexity index is 192. The monoisotopic (exact) mass is 233 g/mol. The lowest BCUT2D eigenvalue weighted by molar-refractivity contribution is -0.156. The molecule has 0 rings (SSSR count). The maximum absolute atomic E-state index is 11.6. The van der Waals surface area contributed by atoms with Crippen molar-refractivity contribution in [2.45, 2.75) is 20.3 Å². The second kappa shape index (κ2) is 8.50. The standard InChI is InChI=1S/C11H23NO4/c1-4-11(2,9-12)10(13)16-8-7-15-6-5-14-3/h4-9,12H2,1-3H3. The fourth-order valence-electron chi connectivity index (χ4n) is 0.984.